The number of methoxy groups -OCH3 is 1. The average molecular weight is 303 g/mol. The number of aryl methyl sites for hydroxylation is 1. The van der Waals surface area contributed by atoms with Gasteiger partial charge in [0.15, 0.2) is 5.06 Å². The number of aromatic nitrogens is 2. The Kier molecular flexibility index (Phi) is 2.99. The lowest BCUT2D eigenvalue weighted by atomic mass is 9.81. The molecule has 5 nitrogen and oxygen atoms in total. The van der Waals surface area contributed by atoms with Gasteiger partial charge in [-0.15, -0.1) is 0 Å². The van der Waals surface area contributed by atoms with Crippen molar-refractivity contribution in [3.63, 3.8) is 0 Å². The maximum Gasteiger partial charge on any atom is 0.264 e. The molecular formula is C15H17N3O2S. The number of rotatable bonds is 2. The van der Waals surface area contributed by atoms with Gasteiger partial charge < -0.3 is 9.64 Å². The zero-order chi connectivity index (χ0) is 14.4. The lowest BCUT2D eigenvalue weighted by molar-refractivity contribution is 0.0790. The predicted octanol–water partition coefficient (Wildman–Crippen LogP) is 2.28. The van der Waals surface area contributed by atoms with E-state index in [0.717, 1.165) is 35.9 Å². The molecule has 1 amide bonds. The number of aromatic amines is 1. The highest BCUT2D eigenvalue weighted by molar-refractivity contribution is 7.15. The molecule has 0 spiro atoms. The first kappa shape index (κ1) is 12.9. The summed E-state index contributed by atoms with van der Waals surface area (Å²) in [4.78, 5) is 15.4. The second-order valence-electron chi connectivity index (χ2n) is 5.75. The minimum atomic E-state index is 0.124. The maximum absolute atomic E-state index is 12.6. The number of fused-ring (bicyclic) bond motifs is 3. The second-order valence-corrected chi connectivity index (χ2v) is 6.79. The van der Waals surface area contributed by atoms with Gasteiger partial charge in [-0.05, 0) is 36.5 Å². The molecule has 21 heavy (non-hydrogen) atoms. The van der Waals surface area contributed by atoms with E-state index in [0.29, 0.717) is 11.8 Å². The summed E-state index contributed by atoms with van der Waals surface area (Å²) < 4.78 is 5.17. The highest BCUT2D eigenvalue weighted by Crippen LogP contribution is 2.41. The number of nitrogens with one attached hydrogen (secondary N) is 1. The number of nitrogens with zero attached hydrogens (tertiary/aromatic N) is 2. The molecule has 0 aromatic carbocycles. The number of carbonyl (C=O) groups is 1. The van der Waals surface area contributed by atoms with E-state index in [-0.39, 0.29) is 5.91 Å². The molecule has 110 valence electrons. The van der Waals surface area contributed by atoms with Crippen LogP contribution in [0.1, 0.15) is 33.3 Å². The van der Waals surface area contributed by atoms with Crippen LogP contribution in [0.15, 0.2) is 18.3 Å². The van der Waals surface area contributed by atoms with Crippen LogP contribution in [0.3, 0.4) is 0 Å². The normalized spacial score (nSPS) is 23.8. The minimum Gasteiger partial charge on any atom is -0.487 e. The molecule has 0 radical (unpaired) electrons. The second kappa shape index (κ2) is 4.87. The van der Waals surface area contributed by atoms with Crippen LogP contribution in [0, 0.1) is 5.92 Å². The summed E-state index contributed by atoms with van der Waals surface area (Å²) in [7, 11) is 1.63. The Morgan fingerprint density at radius 1 is 1.48 bits per heavy atom. The number of H-pyrrole nitrogens is 1. The molecule has 4 rings (SSSR count). The highest BCUT2D eigenvalue weighted by atomic mass is 32.1. The number of likely N-dealkylation sites (tertiary alicyclic amines) is 1. The summed E-state index contributed by atoms with van der Waals surface area (Å²) in [5.41, 5.74) is 2.56. The Morgan fingerprint density at radius 3 is 3.19 bits per heavy atom. The molecule has 1 saturated heterocycles. The Balaban J connectivity index is 1.55. The third-order valence-corrected chi connectivity index (χ3v) is 5.66. The van der Waals surface area contributed by atoms with Gasteiger partial charge in [-0.2, -0.15) is 5.10 Å². The van der Waals surface area contributed by atoms with Crippen LogP contribution >= 0.6 is 11.3 Å². The Morgan fingerprint density at radius 2 is 2.38 bits per heavy atom. The largest absolute Gasteiger partial charge is 0.487 e. The van der Waals surface area contributed by atoms with E-state index in [2.05, 4.69) is 10.2 Å². The Labute approximate surface area is 126 Å². The van der Waals surface area contributed by atoms with E-state index in [9.17, 15) is 4.79 Å². The van der Waals surface area contributed by atoms with E-state index in [1.807, 2.05) is 23.2 Å². The number of ether oxygens (including phenoxy) is 1. The van der Waals surface area contributed by atoms with E-state index >= 15 is 0 Å². The van der Waals surface area contributed by atoms with Crippen molar-refractivity contribution in [1.29, 1.82) is 0 Å². The van der Waals surface area contributed by atoms with Crippen LogP contribution < -0.4 is 4.74 Å². The zero-order valence-electron chi connectivity index (χ0n) is 11.8. The fourth-order valence-electron chi connectivity index (χ4n) is 3.54. The summed E-state index contributed by atoms with van der Waals surface area (Å²) >= 11 is 1.41. The fraction of sp³-hybridized carbons (Fsp3) is 0.467. The fourth-order valence-corrected chi connectivity index (χ4v) is 4.33. The third kappa shape index (κ3) is 2.05. The van der Waals surface area contributed by atoms with Crippen LogP contribution in [-0.2, 0) is 6.42 Å². The quantitative estimate of drug-likeness (QED) is 0.926. The monoisotopic (exact) mass is 303 g/mol. The molecule has 2 aliphatic rings. The molecule has 1 aliphatic carbocycles. The van der Waals surface area contributed by atoms with Gasteiger partial charge in [0.05, 0.1) is 18.2 Å². The molecule has 2 atom stereocenters. The van der Waals surface area contributed by atoms with E-state index in [1.54, 1.807) is 7.11 Å². The lowest BCUT2D eigenvalue weighted by Crippen LogP contribution is -2.28. The molecule has 0 bridgehead atoms. The van der Waals surface area contributed by atoms with Crippen LogP contribution in [0.25, 0.3) is 0 Å². The number of thiophene rings is 1. The standard InChI is InChI=1S/C15H17N3O2S/c1-20-13-5-4-12(21-13)15(19)18-7-10-3-2-9-6-16-17-14(9)11(10)8-18/h4-6,10-11H,2-3,7-8H2,1H3,(H,16,17)/t10-,11+/m1/s1. The smallest absolute Gasteiger partial charge is 0.264 e. The topological polar surface area (TPSA) is 58.2 Å². The van der Waals surface area contributed by atoms with E-state index < -0.39 is 0 Å². The molecule has 1 N–H and O–H groups in total. The van der Waals surface area contributed by atoms with E-state index in [1.165, 1.54) is 22.6 Å². The van der Waals surface area contributed by atoms with Crippen LogP contribution in [0.4, 0.5) is 0 Å². The van der Waals surface area contributed by atoms with Crippen molar-refractivity contribution in [2.45, 2.75) is 18.8 Å². The molecular weight excluding hydrogens is 286 g/mol. The van der Waals surface area contributed by atoms with Crippen LogP contribution in [0.2, 0.25) is 0 Å². The van der Waals surface area contributed by atoms with Gasteiger partial charge >= 0.3 is 0 Å². The molecule has 0 saturated carbocycles. The summed E-state index contributed by atoms with van der Waals surface area (Å²) in [5, 5.41) is 8.08. The van der Waals surface area contributed by atoms with Gasteiger partial charge in [-0.25, -0.2) is 0 Å². The summed E-state index contributed by atoms with van der Waals surface area (Å²) in [5.74, 6) is 1.10. The van der Waals surface area contributed by atoms with Crippen molar-refractivity contribution < 1.29 is 9.53 Å². The van der Waals surface area contributed by atoms with Crippen molar-refractivity contribution in [3.8, 4) is 5.06 Å². The molecule has 3 heterocycles. The van der Waals surface area contributed by atoms with Crippen molar-refractivity contribution >= 4 is 17.2 Å². The highest BCUT2D eigenvalue weighted by Gasteiger charge is 2.40. The predicted molar refractivity (Wildman–Crippen MR) is 79.9 cm³/mol. The van der Waals surface area contributed by atoms with Crippen molar-refractivity contribution in [2.75, 3.05) is 20.2 Å². The Hall–Kier alpha value is -1.82. The number of carbonyl (C=O) groups excluding carboxylic acids is 1. The van der Waals surface area contributed by atoms with Crippen molar-refractivity contribution in [1.82, 2.24) is 15.1 Å². The average Bonchev–Trinajstić information content (AvgIpc) is 3.22. The lowest BCUT2D eigenvalue weighted by Gasteiger charge is -2.22. The SMILES string of the molecule is COc1ccc(C(=O)N2C[C@H]3CCc4cn[nH]c4[C@H]3C2)s1. The first-order valence-electron chi connectivity index (χ1n) is 7.21. The third-order valence-electron chi connectivity index (χ3n) is 4.63. The van der Waals surface area contributed by atoms with Gasteiger partial charge in [0.25, 0.3) is 5.91 Å². The summed E-state index contributed by atoms with van der Waals surface area (Å²) in [6.07, 6.45) is 4.15. The maximum atomic E-state index is 12.6. The summed E-state index contributed by atoms with van der Waals surface area (Å²) in [6.45, 7) is 1.64. The first-order valence-corrected chi connectivity index (χ1v) is 8.03. The molecule has 1 fully saturated rings. The first-order chi connectivity index (χ1) is 10.3. The van der Waals surface area contributed by atoms with Crippen LogP contribution in [0.5, 0.6) is 5.06 Å². The Bertz CT molecular complexity index is 678. The summed E-state index contributed by atoms with van der Waals surface area (Å²) in [6, 6.07) is 3.71. The molecule has 2 aromatic heterocycles. The van der Waals surface area contributed by atoms with Gasteiger partial charge in [0.2, 0.25) is 0 Å². The van der Waals surface area contributed by atoms with Gasteiger partial charge in [0, 0.05) is 24.7 Å². The molecule has 1 aliphatic heterocycles. The van der Waals surface area contributed by atoms with Gasteiger partial charge in [-0.3, -0.25) is 9.89 Å². The number of hydrogen-bond donors (Lipinski definition) is 1. The van der Waals surface area contributed by atoms with Gasteiger partial charge in [-0.1, -0.05) is 11.3 Å². The minimum absolute atomic E-state index is 0.124. The van der Waals surface area contributed by atoms with Crippen molar-refractivity contribution in [2.24, 2.45) is 5.92 Å². The van der Waals surface area contributed by atoms with Crippen LogP contribution in [-0.4, -0.2) is 41.2 Å². The molecule has 0 unspecified atom stereocenters. The van der Waals surface area contributed by atoms with E-state index in [4.69, 9.17) is 4.74 Å². The van der Waals surface area contributed by atoms with Crippen molar-refractivity contribution in [3.05, 3.63) is 34.5 Å². The number of amides is 1. The molecule has 2 aromatic rings. The molecule has 6 heteroatoms. The van der Waals surface area contributed by atoms with Gasteiger partial charge in [0.1, 0.15) is 0 Å². The zero-order valence-corrected chi connectivity index (χ0v) is 12.7. The number of hydrogen-bond acceptors (Lipinski definition) is 4.